The van der Waals surface area contributed by atoms with Gasteiger partial charge in [0.15, 0.2) is 0 Å². The maximum Gasteiger partial charge on any atom is 0.0465 e. The van der Waals surface area contributed by atoms with Gasteiger partial charge in [0.2, 0.25) is 0 Å². The van der Waals surface area contributed by atoms with Crippen LogP contribution >= 0.6 is 0 Å². The van der Waals surface area contributed by atoms with Gasteiger partial charge in [0.05, 0.1) is 0 Å². The number of para-hydroxylation sites is 2. The fraction of sp³-hybridized carbons (Fsp3) is 0.228. The summed E-state index contributed by atoms with van der Waals surface area (Å²) in [5.74, 6) is 0.680. The van der Waals surface area contributed by atoms with E-state index in [1.54, 1.807) is 0 Å². The molecule has 0 N–H and O–H groups in total. The zero-order valence-electron chi connectivity index (χ0n) is 34.5. The number of allylic oxidation sites excluding steroid dienone is 2. The van der Waals surface area contributed by atoms with Crippen molar-refractivity contribution in [3.63, 3.8) is 0 Å². The van der Waals surface area contributed by atoms with Gasteiger partial charge in [-0.05, 0) is 150 Å². The summed E-state index contributed by atoms with van der Waals surface area (Å²) >= 11 is 0. The zero-order chi connectivity index (χ0) is 39.8. The van der Waals surface area contributed by atoms with E-state index in [0.29, 0.717) is 5.92 Å². The van der Waals surface area contributed by atoms with E-state index in [9.17, 15) is 0 Å². The second kappa shape index (κ2) is 15.6. The second-order valence-corrected chi connectivity index (χ2v) is 17.6. The molecule has 0 aliphatic heterocycles. The fourth-order valence-electron chi connectivity index (χ4n) is 10.6. The molecule has 0 amide bonds. The molecule has 2 heteroatoms. The summed E-state index contributed by atoms with van der Waals surface area (Å²) in [6.07, 6.45) is 14.6. The summed E-state index contributed by atoms with van der Waals surface area (Å²) in [7, 11) is 0. The summed E-state index contributed by atoms with van der Waals surface area (Å²) in [4.78, 5) is 4.83. The number of nitrogens with zero attached hydrogens (tertiary/aromatic N) is 2. The molecule has 10 rings (SSSR count). The molecular formula is C57H54N2. The highest BCUT2D eigenvalue weighted by molar-refractivity contribution is 5.85. The Bertz CT molecular complexity index is 2520. The number of anilines is 6. The van der Waals surface area contributed by atoms with Gasteiger partial charge < -0.3 is 9.80 Å². The Morgan fingerprint density at radius 2 is 0.932 bits per heavy atom. The summed E-state index contributed by atoms with van der Waals surface area (Å²) in [6, 6.07) is 66.0. The Kier molecular flexibility index (Phi) is 9.81. The predicted molar refractivity (Wildman–Crippen MR) is 249 cm³/mol. The topological polar surface area (TPSA) is 6.48 Å². The quantitative estimate of drug-likeness (QED) is 0.135. The molecule has 3 aliphatic rings. The fourth-order valence-corrected chi connectivity index (χ4v) is 10.6. The first-order valence-electron chi connectivity index (χ1n) is 21.9. The van der Waals surface area contributed by atoms with E-state index < -0.39 is 0 Å². The van der Waals surface area contributed by atoms with Crippen molar-refractivity contribution in [2.45, 2.75) is 82.0 Å². The lowest BCUT2D eigenvalue weighted by Crippen LogP contribution is -2.29. The number of rotatable bonds is 9. The molecule has 7 aromatic rings. The Hall–Kier alpha value is -6.12. The van der Waals surface area contributed by atoms with Crippen molar-refractivity contribution in [1.29, 1.82) is 0 Å². The maximum absolute atomic E-state index is 2.48. The van der Waals surface area contributed by atoms with Crippen LogP contribution in [0, 0.1) is 0 Å². The first-order valence-corrected chi connectivity index (χ1v) is 21.9. The highest BCUT2D eigenvalue weighted by atomic mass is 15.1. The van der Waals surface area contributed by atoms with Crippen molar-refractivity contribution in [3.05, 3.63) is 216 Å². The molecule has 0 heterocycles. The standard InChI is InChI=1S/C57H54N2/c1-56(2)54-24-14-13-23-52(54)53-38-37-51(41-55(53)56)59(48-31-25-43(26-32-48)42-17-7-3-8-18-42)50-35-29-45(30-36-50)57(39-15-6-16-40-57)44-27-33-49(34-28-44)58(46-19-9-4-10-20-46)47-21-11-5-12-22-47/h4-6,9-15,19-38,41-42H,3,7-8,16-18,39-40H2,1-2H3. The van der Waals surface area contributed by atoms with Gasteiger partial charge in [0.25, 0.3) is 0 Å². The molecule has 0 spiro atoms. The Morgan fingerprint density at radius 1 is 0.441 bits per heavy atom. The lowest BCUT2D eigenvalue weighted by molar-refractivity contribution is 0.443. The number of hydrogen-bond acceptors (Lipinski definition) is 2. The minimum atomic E-state index is -0.105. The third-order valence-corrected chi connectivity index (χ3v) is 13.8. The normalized spacial score (nSPS) is 18.2. The molecular weight excluding hydrogens is 713 g/mol. The van der Waals surface area contributed by atoms with Gasteiger partial charge in [-0.3, -0.25) is 0 Å². The second-order valence-electron chi connectivity index (χ2n) is 17.6. The van der Waals surface area contributed by atoms with E-state index in [4.69, 9.17) is 0 Å². The van der Waals surface area contributed by atoms with Crippen molar-refractivity contribution in [2.24, 2.45) is 0 Å². The SMILES string of the molecule is CC1(C)c2ccccc2-c2ccc(N(c3ccc(C4CCCCC4)cc3)c3ccc(C4(c5ccc(N(c6ccccc6)c6ccccc6)cc5)CC=CCC4)cc3)cc21. The van der Waals surface area contributed by atoms with E-state index in [1.165, 1.54) is 88.1 Å². The number of benzene rings is 7. The summed E-state index contributed by atoms with van der Waals surface area (Å²) < 4.78 is 0. The molecule has 3 aliphatic carbocycles. The zero-order valence-corrected chi connectivity index (χ0v) is 34.5. The molecule has 0 saturated heterocycles. The molecule has 0 aromatic heterocycles. The molecule has 292 valence electrons. The van der Waals surface area contributed by atoms with Crippen LogP contribution in [-0.4, -0.2) is 0 Å². The molecule has 59 heavy (non-hydrogen) atoms. The van der Waals surface area contributed by atoms with Crippen LogP contribution in [0.2, 0.25) is 0 Å². The van der Waals surface area contributed by atoms with Crippen LogP contribution in [-0.2, 0) is 10.8 Å². The molecule has 7 aromatic carbocycles. The first-order chi connectivity index (χ1) is 29.0. The van der Waals surface area contributed by atoms with Crippen LogP contribution in [0.1, 0.15) is 98.9 Å². The minimum Gasteiger partial charge on any atom is -0.311 e. The Morgan fingerprint density at radius 3 is 1.51 bits per heavy atom. The average molecular weight is 767 g/mol. The maximum atomic E-state index is 2.48. The van der Waals surface area contributed by atoms with Gasteiger partial charge in [-0.15, -0.1) is 0 Å². The van der Waals surface area contributed by atoms with E-state index in [1.807, 2.05) is 0 Å². The van der Waals surface area contributed by atoms with E-state index >= 15 is 0 Å². The molecule has 1 saturated carbocycles. The highest BCUT2D eigenvalue weighted by Crippen LogP contribution is 2.51. The molecule has 1 fully saturated rings. The molecule has 1 atom stereocenters. The van der Waals surface area contributed by atoms with Crippen LogP contribution in [0.5, 0.6) is 0 Å². The van der Waals surface area contributed by atoms with E-state index in [2.05, 4.69) is 212 Å². The largest absolute Gasteiger partial charge is 0.311 e. The molecule has 0 radical (unpaired) electrons. The van der Waals surface area contributed by atoms with Crippen LogP contribution < -0.4 is 9.80 Å². The molecule has 2 nitrogen and oxygen atoms in total. The predicted octanol–water partition coefficient (Wildman–Crippen LogP) is 16.0. The van der Waals surface area contributed by atoms with E-state index in [0.717, 1.165) is 36.3 Å². The smallest absolute Gasteiger partial charge is 0.0465 e. The number of hydrogen-bond donors (Lipinski definition) is 0. The van der Waals surface area contributed by atoms with Gasteiger partial charge in [0.1, 0.15) is 0 Å². The average Bonchev–Trinajstić information content (AvgIpc) is 3.53. The third-order valence-electron chi connectivity index (χ3n) is 13.8. The summed E-state index contributed by atoms with van der Waals surface area (Å²) in [5.41, 5.74) is 16.6. The lowest BCUT2D eigenvalue weighted by atomic mass is 9.67. The van der Waals surface area contributed by atoms with Crippen molar-refractivity contribution < 1.29 is 0 Å². The van der Waals surface area contributed by atoms with Crippen molar-refractivity contribution >= 4 is 34.1 Å². The molecule has 1 unspecified atom stereocenters. The third kappa shape index (κ3) is 6.79. The first kappa shape index (κ1) is 37.2. The van der Waals surface area contributed by atoms with Gasteiger partial charge in [-0.1, -0.05) is 148 Å². The van der Waals surface area contributed by atoms with Crippen LogP contribution in [0.25, 0.3) is 11.1 Å². The highest BCUT2D eigenvalue weighted by Gasteiger charge is 2.37. The number of fused-ring (bicyclic) bond motifs is 3. The van der Waals surface area contributed by atoms with Crippen LogP contribution in [0.4, 0.5) is 34.1 Å². The summed E-state index contributed by atoms with van der Waals surface area (Å²) in [6.45, 7) is 4.76. The van der Waals surface area contributed by atoms with Crippen LogP contribution in [0.3, 0.4) is 0 Å². The van der Waals surface area contributed by atoms with Crippen LogP contribution in [0.15, 0.2) is 188 Å². The van der Waals surface area contributed by atoms with E-state index in [-0.39, 0.29) is 10.8 Å². The Labute approximate surface area is 351 Å². The summed E-state index contributed by atoms with van der Waals surface area (Å²) in [5, 5.41) is 0. The van der Waals surface area contributed by atoms with Gasteiger partial charge in [0, 0.05) is 45.0 Å². The van der Waals surface area contributed by atoms with Crippen molar-refractivity contribution in [1.82, 2.24) is 0 Å². The van der Waals surface area contributed by atoms with Crippen molar-refractivity contribution in [2.75, 3.05) is 9.80 Å². The van der Waals surface area contributed by atoms with Crippen molar-refractivity contribution in [3.8, 4) is 11.1 Å². The monoisotopic (exact) mass is 766 g/mol. The van der Waals surface area contributed by atoms with Gasteiger partial charge in [-0.2, -0.15) is 0 Å². The lowest BCUT2D eigenvalue weighted by Gasteiger charge is -2.37. The van der Waals surface area contributed by atoms with Gasteiger partial charge in [-0.25, -0.2) is 0 Å². The Balaban J connectivity index is 1.02. The minimum absolute atomic E-state index is 0.0715. The van der Waals surface area contributed by atoms with Gasteiger partial charge >= 0.3 is 0 Å². The molecule has 0 bridgehead atoms.